The van der Waals surface area contributed by atoms with E-state index in [1.54, 1.807) is 24.5 Å². The average Bonchev–Trinajstić information content (AvgIpc) is 2.92. The monoisotopic (exact) mass is 312 g/mol. The van der Waals surface area contributed by atoms with Crippen LogP contribution in [-0.2, 0) is 16.6 Å². The van der Waals surface area contributed by atoms with Crippen molar-refractivity contribution in [3.05, 3.63) is 40.7 Å². The molecule has 2 aromatic heterocycles. The lowest BCUT2D eigenvalue weighted by molar-refractivity contribution is 0.326. The summed E-state index contributed by atoms with van der Waals surface area (Å²) in [4.78, 5) is 4.15. The number of sulfonamides is 1. The summed E-state index contributed by atoms with van der Waals surface area (Å²) in [5.41, 5.74) is 0.972. The lowest BCUT2D eigenvalue weighted by atomic mass is 10.3. The van der Waals surface area contributed by atoms with Crippen LogP contribution in [0.25, 0.3) is 0 Å². The van der Waals surface area contributed by atoms with E-state index in [0.717, 1.165) is 5.56 Å². The van der Waals surface area contributed by atoms with E-state index in [9.17, 15) is 8.42 Å². The van der Waals surface area contributed by atoms with E-state index in [2.05, 4.69) is 4.98 Å². The van der Waals surface area contributed by atoms with Crippen LogP contribution in [0.1, 0.15) is 12.5 Å². The molecule has 108 valence electrons. The van der Waals surface area contributed by atoms with Gasteiger partial charge in [0.15, 0.2) is 0 Å². The molecular formula is C13H16N2O3S2. The van der Waals surface area contributed by atoms with Crippen LogP contribution in [0, 0.1) is 0 Å². The third kappa shape index (κ3) is 3.36. The van der Waals surface area contributed by atoms with Crippen LogP contribution in [0.2, 0.25) is 0 Å². The fraction of sp³-hybridized carbons (Fsp3) is 0.308. The van der Waals surface area contributed by atoms with Crippen molar-refractivity contribution in [1.29, 1.82) is 0 Å². The first-order valence-electron chi connectivity index (χ1n) is 6.10. The van der Waals surface area contributed by atoms with Gasteiger partial charge in [0.05, 0.1) is 12.8 Å². The van der Waals surface area contributed by atoms with Crippen molar-refractivity contribution in [3.8, 4) is 5.88 Å². The first kappa shape index (κ1) is 15.0. The molecule has 2 heterocycles. The minimum absolute atomic E-state index is 0.165. The highest BCUT2D eigenvalue weighted by atomic mass is 32.2. The molecule has 0 aliphatic heterocycles. The van der Waals surface area contributed by atoms with Crippen LogP contribution in [0.4, 0.5) is 0 Å². The molecule has 0 aliphatic rings. The first-order chi connectivity index (χ1) is 9.54. The summed E-state index contributed by atoms with van der Waals surface area (Å²) in [5.74, 6) is 0.423. The molecule has 0 unspecified atom stereocenters. The van der Waals surface area contributed by atoms with Crippen molar-refractivity contribution in [1.82, 2.24) is 9.29 Å². The highest BCUT2D eigenvalue weighted by molar-refractivity contribution is 7.89. The van der Waals surface area contributed by atoms with Gasteiger partial charge in [-0.1, -0.05) is 0 Å². The second-order valence-corrected chi connectivity index (χ2v) is 6.98. The first-order valence-corrected chi connectivity index (χ1v) is 8.48. The second-order valence-electron chi connectivity index (χ2n) is 4.16. The van der Waals surface area contributed by atoms with Crippen LogP contribution in [-0.4, -0.2) is 31.4 Å². The van der Waals surface area contributed by atoms with Crippen molar-refractivity contribution in [2.75, 3.05) is 13.7 Å². The SMILES string of the molecule is CCOc1ccc(S(=O)(=O)N(C)Cc2ccsc2)cn1. The number of hydrogen-bond donors (Lipinski definition) is 0. The number of thiophene rings is 1. The van der Waals surface area contributed by atoms with Gasteiger partial charge in [-0.3, -0.25) is 0 Å². The fourth-order valence-electron chi connectivity index (χ4n) is 1.66. The molecule has 0 atom stereocenters. The van der Waals surface area contributed by atoms with Gasteiger partial charge < -0.3 is 4.74 Å². The van der Waals surface area contributed by atoms with E-state index >= 15 is 0 Å². The molecule has 0 aliphatic carbocycles. The van der Waals surface area contributed by atoms with Crippen molar-refractivity contribution < 1.29 is 13.2 Å². The van der Waals surface area contributed by atoms with Gasteiger partial charge in [-0.25, -0.2) is 13.4 Å². The predicted octanol–water partition coefficient (Wildman–Crippen LogP) is 2.36. The predicted molar refractivity (Wildman–Crippen MR) is 78.4 cm³/mol. The van der Waals surface area contributed by atoms with Gasteiger partial charge >= 0.3 is 0 Å². The molecule has 20 heavy (non-hydrogen) atoms. The topological polar surface area (TPSA) is 59.5 Å². The Kier molecular flexibility index (Phi) is 4.74. The van der Waals surface area contributed by atoms with Gasteiger partial charge in [0.25, 0.3) is 0 Å². The zero-order valence-corrected chi connectivity index (χ0v) is 12.9. The van der Waals surface area contributed by atoms with Crippen molar-refractivity contribution >= 4 is 21.4 Å². The number of rotatable bonds is 6. The summed E-state index contributed by atoms with van der Waals surface area (Å²) in [7, 11) is -1.97. The minimum Gasteiger partial charge on any atom is -0.478 e. The Balaban J connectivity index is 2.16. The summed E-state index contributed by atoms with van der Waals surface area (Å²) >= 11 is 1.55. The van der Waals surface area contributed by atoms with Crippen LogP contribution in [0.5, 0.6) is 5.88 Å². The summed E-state index contributed by atoms with van der Waals surface area (Å²) < 4.78 is 31.3. The second kappa shape index (κ2) is 6.34. The maximum absolute atomic E-state index is 12.4. The Labute approximate surface area is 122 Å². The Morgan fingerprint density at radius 1 is 1.35 bits per heavy atom. The number of pyridine rings is 1. The van der Waals surface area contributed by atoms with Crippen LogP contribution < -0.4 is 4.74 Å². The number of nitrogens with zero attached hydrogens (tertiary/aromatic N) is 2. The van der Waals surface area contributed by atoms with E-state index < -0.39 is 10.0 Å². The molecule has 0 saturated carbocycles. The van der Waals surface area contributed by atoms with Gasteiger partial charge in [0, 0.05) is 19.7 Å². The molecular weight excluding hydrogens is 296 g/mol. The Bertz CT molecular complexity index is 637. The molecule has 0 N–H and O–H groups in total. The van der Waals surface area contributed by atoms with Crippen LogP contribution in [0.3, 0.4) is 0 Å². The molecule has 0 amide bonds. The van der Waals surface area contributed by atoms with Crippen molar-refractivity contribution in [2.24, 2.45) is 0 Å². The molecule has 7 heteroatoms. The normalized spacial score (nSPS) is 11.8. The maximum atomic E-state index is 12.4. The van der Waals surface area contributed by atoms with Gasteiger partial charge in [-0.15, -0.1) is 0 Å². The van der Waals surface area contributed by atoms with E-state index in [-0.39, 0.29) is 4.90 Å². The van der Waals surface area contributed by atoms with Crippen molar-refractivity contribution in [2.45, 2.75) is 18.4 Å². The third-order valence-electron chi connectivity index (χ3n) is 2.69. The van der Waals surface area contributed by atoms with Crippen LogP contribution in [0.15, 0.2) is 40.1 Å². The molecule has 5 nitrogen and oxygen atoms in total. The molecule has 0 saturated heterocycles. The smallest absolute Gasteiger partial charge is 0.244 e. The Morgan fingerprint density at radius 2 is 2.15 bits per heavy atom. The van der Waals surface area contributed by atoms with E-state index in [1.165, 1.54) is 16.6 Å². The van der Waals surface area contributed by atoms with E-state index in [0.29, 0.717) is 19.0 Å². The Hall–Kier alpha value is -1.44. The van der Waals surface area contributed by atoms with Gasteiger partial charge in [0.1, 0.15) is 4.90 Å². The van der Waals surface area contributed by atoms with Gasteiger partial charge in [-0.05, 0) is 35.4 Å². The van der Waals surface area contributed by atoms with E-state index in [1.807, 2.05) is 23.8 Å². The average molecular weight is 312 g/mol. The largest absolute Gasteiger partial charge is 0.478 e. The molecule has 2 rings (SSSR count). The minimum atomic E-state index is -3.53. The molecule has 0 fully saturated rings. The number of aromatic nitrogens is 1. The summed E-state index contributed by atoms with van der Waals surface area (Å²) in [6, 6.07) is 4.99. The third-order valence-corrected chi connectivity index (χ3v) is 5.21. The van der Waals surface area contributed by atoms with Gasteiger partial charge in [-0.2, -0.15) is 15.6 Å². The lowest BCUT2D eigenvalue weighted by Crippen LogP contribution is -2.26. The standard InChI is InChI=1S/C13H16N2O3S2/c1-3-18-13-5-4-12(8-14-13)20(16,17)15(2)9-11-6-7-19-10-11/h4-8,10H,3,9H2,1-2H3. The molecule has 2 aromatic rings. The molecule has 0 radical (unpaired) electrons. The Morgan fingerprint density at radius 3 is 2.70 bits per heavy atom. The molecule has 0 bridgehead atoms. The lowest BCUT2D eigenvalue weighted by Gasteiger charge is -2.16. The zero-order chi connectivity index (χ0) is 14.6. The van der Waals surface area contributed by atoms with Crippen molar-refractivity contribution in [3.63, 3.8) is 0 Å². The fourth-order valence-corrected chi connectivity index (χ4v) is 3.42. The highest BCUT2D eigenvalue weighted by Crippen LogP contribution is 2.18. The number of ether oxygens (including phenoxy) is 1. The summed E-state index contributed by atoms with van der Waals surface area (Å²) in [5, 5.41) is 3.86. The van der Waals surface area contributed by atoms with E-state index in [4.69, 9.17) is 4.74 Å². The summed E-state index contributed by atoms with van der Waals surface area (Å²) in [6.07, 6.45) is 1.32. The van der Waals surface area contributed by atoms with Crippen LogP contribution >= 0.6 is 11.3 Å². The maximum Gasteiger partial charge on any atom is 0.244 e. The zero-order valence-electron chi connectivity index (χ0n) is 11.3. The molecule has 0 aromatic carbocycles. The molecule has 0 spiro atoms. The quantitative estimate of drug-likeness (QED) is 0.821. The highest BCUT2D eigenvalue weighted by Gasteiger charge is 2.21. The summed E-state index contributed by atoms with van der Waals surface area (Å²) in [6.45, 7) is 2.69. The number of hydrogen-bond acceptors (Lipinski definition) is 5. The van der Waals surface area contributed by atoms with Gasteiger partial charge in [0.2, 0.25) is 15.9 Å².